The average Bonchev–Trinajstić information content (AvgIpc) is 3.36. The van der Waals surface area contributed by atoms with Crippen molar-refractivity contribution >= 4 is 64.5 Å². The first-order valence-corrected chi connectivity index (χ1v) is 24.4. The van der Waals surface area contributed by atoms with Crippen molar-refractivity contribution in [3.8, 4) is 21.7 Å². The molecule has 2 heterocycles. The summed E-state index contributed by atoms with van der Waals surface area (Å²) < 4.78 is 13.0. The summed E-state index contributed by atoms with van der Waals surface area (Å²) >= 11 is 1.88. The van der Waals surface area contributed by atoms with Gasteiger partial charge < -0.3 is 5.11 Å². The molecule has 3 aromatic carbocycles. The molecule has 0 aliphatic heterocycles. The molecule has 0 saturated heterocycles. The number of aromatic nitrogens is 1. The number of fused-ring (bicyclic) bond motifs is 2. The van der Waals surface area contributed by atoms with Crippen molar-refractivity contribution in [2.45, 2.75) is 79.8 Å². The van der Waals surface area contributed by atoms with Crippen LogP contribution in [0.25, 0.3) is 42.6 Å². The molecule has 0 amide bonds. The molecule has 5 rings (SSSR count). The number of hydrogen-bond acceptors (Lipinski definition) is 4. The van der Waals surface area contributed by atoms with Crippen LogP contribution in [0.4, 0.5) is 4.39 Å². The Balaban J connectivity index is 0.000000413. The molecule has 0 atom stereocenters. The second kappa shape index (κ2) is 16.3. The van der Waals surface area contributed by atoms with Crippen molar-refractivity contribution in [2.75, 3.05) is 6.67 Å². The Morgan fingerprint density at radius 2 is 1.62 bits per heavy atom. The molecular formula is C40H49FIrNO2SSi2-. The Morgan fingerprint density at radius 1 is 0.958 bits per heavy atom. The summed E-state index contributed by atoms with van der Waals surface area (Å²) in [6.07, 6.45) is 4.48. The summed E-state index contributed by atoms with van der Waals surface area (Å²) in [4.78, 5) is 16.8. The van der Waals surface area contributed by atoms with Crippen molar-refractivity contribution in [3.63, 3.8) is 0 Å². The van der Waals surface area contributed by atoms with E-state index in [1.54, 1.807) is 0 Å². The predicted octanol–water partition coefficient (Wildman–Crippen LogP) is 10.7. The zero-order valence-corrected chi connectivity index (χ0v) is 35.2. The van der Waals surface area contributed by atoms with Gasteiger partial charge in [0.05, 0.1) is 21.9 Å². The molecule has 1 N–H and O–H groups in total. The van der Waals surface area contributed by atoms with Gasteiger partial charge in [0.2, 0.25) is 0 Å². The number of aliphatic hydroxyl groups is 1. The third-order valence-corrected chi connectivity index (χ3v) is 14.3. The van der Waals surface area contributed by atoms with Gasteiger partial charge in [0.25, 0.3) is 0 Å². The summed E-state index contributed by atoms with van der Waals surface area (Å²) in [5.41, 5.74) is 6.24. The summed E-state index contributed by atoms with van der Waals surface area (Å²) in [6, 6.07) is 24.1. The second-order valence-corrected chi connectivity index (χ2v) is 25.6. The number of carbonyl (C=O) groups is 1. The zero-order chi connectivity index (χ0) is 34.7. The van der Waals surface area contributed by atoms with E-state index in [2.05, 4.69) is 114 Å². The van der Waals surface area contributed by atoms with Gasteiger partial charge in [-0.1, -0.05) is 106 Å². The van der Waals surface area contributed by atoms with Gasteiger partial charge in [0.1, 0.15) is 0 Å². The van der Waals surface area contributed by atoms with Crippen molar-refractivity contribution in [1.82, 2.24) is 4.98 Å². The Kier molecular flexibility index (Phi) is 13.5. The molecule has 0 aliphatic rings. The molecule has 0 bridgehead atoms. The van der Waals surface area contributed by atoms with Gasteiger partial charge in [-0.2, -0.15) is 0 Å². The van der Waals surface area contributed by atoms with E-state index in [0.29, 0.717) is 0 Å². The predicted molar refractivity (Wildman–Crippen MR) is 208 cm³/mol. The maximum absolute atomic E-state index is 11.7. The van der Waals surface area contributed by atoms with Crippen molar-refractivity contribution in [1.29, 1.82) is 0 Å². The molecule has 0 aliphatic carbocycles. The monoisotopic (exact) mass is 875 g/mol. The van der Waals surface area contributed by atoms with E-state index in [1.807, 2.05) is 31.4 Å². The van der Waals surface area contributed by atoms with Crippen molar-refractivity contribution < 1.29 is 34.4 Å². The van der Waals surface area contributed by atoms with Gasteiger partial charge in [-0.15, -0.1) is 40.1 Å². The molecule has 1 radical (unpaired) electrons. The minimum atomic E-state index is -1.56. The van der Waals surface area contributed by atoms with Crippen LogP contribution in [-0.4, -0.2) is 38.7 Å². The molecule has 8 heteroatoms. The zero-order valence-electron chi connectivity index (χ0n) is 30.0. The van der Waals surface area contributed by atoms with Gasteiger partial charge in [0, 0.05) is 53.6 Å². The normalized spacial score (nSPS) is 12.2. The van der Waals surface area contributed by atoms with E-state index >= 15 is 0 Å². The SMILES string of the molecule is CCC(CC)/C(O)=C/C(=O)CF.Cc1cc([Si](C)(C)C)ccc1-c1sc2c(-c3[c-]c4ccccc4c([Si](C)(C)C)c3)nccc2c1C.[Ir]. The molecule has 0 saturated carbocycles. The number of halogens is 1. The second-order valence-electron chi connectivity index (χ2n) is 14.4. The van der Waals surface area contributed by atoms with Crippen molar-refractivity contribution in [3.05, 3.63) is 89.8 Å². The smallest absolute Gasteiger partial charge is 0.189 e. The number of allylic oxidation sites excluding steroid dienone is 2. The van der Waals surface area contributed by atoms with Crippen LogP contribution in [-0.2, 0) is 24.9 Å². The molecule has 0 fully saturated rings. The first-order chi connectivity index (χ1) is 22.1. The Hall–Kier alpha value is -2.75. The summed E-state index contributed by atoms with van der Waals surface area (Å²) in [6.45, 7) is 21.8. The summed E-state index contributed by atoms with van der Waals surface area (Å²) in [5.74, 6) is -0.678. The van der Waals surface area contributed by atoms with Crippen LogP contribution in [0.3, 0.4) is 0 Å². The number of thiophene rings is 1. The Bertz CT molecular complexity index is 1930. The number of benzene rings is 3. The standard InChI is InChI=1S/C31H34NSSi2.C9H15FO2.Ir/c1-20-17-24(34(3,4)5)13-14-25(20)30-21(2)26-15-16-32-29(31(26)33-30)23-18-22-11-9-10-12-27(22)28(19-23)35(6,7)8;1-3-7(4-2)9(12)5-8(11)6-10;/h9-17,19H,1-8H3;5,7,12H,3-4,6H2,1-2H3;/q-1;;/b;9-5-;. The fourth-order valence-corrected chi connectivity index (χ4v) is 10.2. The number of pyridine rings is 1. The first kappa shape index (κ1) is 39.7. The van der Waals surface area contributed by atoms with E-state index in [9.17, 15) is 14.3 Å². The number of aryl methyl sites for hydroxylation is 2. The Labute approximate surface area is 306 Å². The Morgan fingerprint density at radius 3 is 2.21 bits per heavy atom. The fraction of sp³-hybridized carbons (Fsp3) is 0.350. The van der Waals surface area contributed by atoms with E-state index < -0.39 is 28.6 Å². The van der Waals surface area contributed by atoms with E-state index in [0.717, 1.165) is 30.2 Å². The minimum Gasteiger partial charge on any atom is -0.512 e. The summed E-state index contributed by atoms with van der Waals surface area (Å²) in [5, 5.41) is 16.1. The number of carbonyl (C=O) groups excluding carboxylic acids is 1. The quantitative estimate of drug-likeness (QED) is 0.0695. The van der Waals surface area contributed by atoms with Gasteiger partial charge >= 0.3 is 0 Å². The number of alkyl halides is 1. The number of hydrogen-bond donors (Lipinski definition) is 1. The molecule has 5 aromatic rings. The van der Waals surface area contributed by atoms with Crippen molar-refractivity contribution in [2.24, 2.45) is 5.92 Å². The van der Waals surface area contributed by atoms with Gasteiger partial charge in [-0.25, -0.2) is 4.39 Å². The van der Waals surface area contributed by atoms with Crippen LogP contribution >= 0.6 is 11.3 Å². The number of aliphatic hydroxyl groups excluding tert-OH is 1. The van der Waals surface area contributed by atoms with Crippen LogP contribution in [0.15, 0.2) is 72.6 Å². The fourth-order valence-electron chi connectivity index (χ4n) is 5.99. The molecule has 48 heavy (non-hydrogen) atoms. The van der Waals surface area contributed by atoms with Gasteiger partial charge in [-0.05, 0) is 54.8 Å². The van der Waals surface area contributed by atoms with Crippen LogP contribution in [0, 0.1) is 25.8 Å². The average molecular weight is 875 g/mol. The van der Waals surface area contributed by atoms with Crippen LogP contribution in [0.5, 0.6) is 0 Å². The maximum atomic E-state index is 11.7. The number of rotatable bonds is 9. The van der Waals surface area contributed by atoms with Gasteiger partial charge in [-0.3, -0.25) is 9.78 Å². The molecule has 3 nitrogen and oxygen atoms in total. The number of ketones is 1. The molecule has 257 valence electrons. The topological polar surface area (TPSA) is 50.2 Å². The van der Waals surface area contributed by atoms with E-state index in [-0.39, 0.29) is 31.8 Å². The minimum absolute atomic E-state index is 0. The number of nitrogens with zero attached hydrogens (tertiary/aromatic N) is 1. The maximum Gasteiger partial charge on any atom is 0.189 e. The third-order valence-electron chi connectivity index (χ3n) is 8.87. The van der Waals surface area contributed by atoms with Crippen LogP contribution < -0.4 is 10.4 Å². The van der Waals surface area contributed by atoms with E-state index in [1.165, 1.54) is 52.8 Å². The van der Waals surface area contributed by atoms with Crippen LogP contribution in [0.2, 0.25) is 39.3 Å². The molecular weight excluding hydrogens is 826 g/mol. The third kappa shape index (κ3) is 8.88. The van der Waals surface area contributed by atoms with Crippen LogP contribution in [0.1, 0.15) is 37.8 Å². The van der Waals surface area contributed by atoms with Gasteiger partial charge in [0.15, 0.2) is 12.5 Å². The largest absolute Gasteiger partial charge is 0.512 e. The first-order valence-electron chi connectivity index (χ1n) is 16.6. The molecule has 0 unspecified atom stereocenters. The molecule has 0 spiro atoms. The van der Waals surface area contributed by atoms with E-state index in [4.69, 9.17) is 4.98 Å². The summed E-state index contributed by atoms with van der Waals surface area (Å²) in [7, 11) is -2.90. The molecule has 2 aromatic heterocycles.